The van der Waals surface area contributed by atoms with Gasteiger partial charge in [0.05, 0.1) is 21.3 Å². The summed E-state index contributed by atoms with van der Waals surface area (Å²) in [5.74, 6) is 0.0929. The second-order valence-corrected chi connectivity index (χ2v) is 6.00. The van der Waals surface area contributed by atoms with Gasteiger partial charge in [0, 0.05) is 23.7 Å². The molecule has 0 aliphatic carbocycles. The van der Waals surface area contributed by atoms with Crippen LogP contribution in [-0.2, 0) is 9.53 Å². The van der Waals surface area contributed by atoms with Crippen molar-refractivity contribution in [3.63, 3.8) is 0 Å². The zero-order valence-electron chi connectivity index (χ0n) is 15.2. The Balaban J connectivity index is 2.03. The van der Waals surface area contributed by atoms with Crippen molar-refractivity contribution in [1.29, 1.82) is 0 Å². The van der Waals surface area contributed by atoms with Crippen LogP contribution in [0.25, 0.3) is 0 Å². The summed E-state index contributed by atoms with van der Waals surface area (Å²) < 4.78 is 15.0. The quantitative estimate of drug-likeness (QED) is 0.762. The molecule has 1 aliphatic rings. The van der Waals surface area contributed by atoms with E-state index in [0.29, 0.717) is 17.1 Å². The topological polar surface area (TPSA) is 106 Å². The van der Waals surface area contributed by atoms with Crippen LogP contribution in [0.1, 0.15) is 23.5 Å². The van der Waals surface area contributed by atoms with Gasteiger partial charge < -0.3 is 24.6 Å². The van der Waals surface area contributed by atoms with Crippen molar-refractivity contribution in [3.05, 3.63) is 41.5 Å². The highest BCUT2D eigenvalue weighted by Crippen LogP contribution is 2.44. The lowest BCUT2D eigenvalue weighted by molar-refractivity contribution is -0.116. The number of benzene rings is 2. The standard InChI is InChI=1S/C19H20N2O6/c1-25-16-7-10(6-15(22)18(16)26-2)13-9-17(23)21-14-8-11(4-5-12(13)14)20-19(24)27-3/h4-8,13,22H,9H2,1-3H3,(H,20,24)(H,21,23). The van der Waals surface area contributed by atoms with Crippen molar-refractivity contribution in [2.75, 3.05) is 32.0 Å². The summed E-state index contributed by atoms with van der Waals surface area (Å²) in [5.41, 5.74) is 2.66. The maximum atomic E-state index is 12.2. The van der Waals surface area contributed by atoms with Gasteiger partial charge in [-0.2, -0.15) is 0 Å². The fourth-order valence-corrected chi connectivity index (χ4v) is 3.18. The van der Waals surface area contributed by atoms with Gasteiger partial charge >= 0.3 is 6.09 Å². The highest BCUT2D eigenvalue weighted by Gasteiger charge is 2.28. The third kappa shape index (κ3) is 3.59. The summed E-state index contributed by atoms with van der Waals surface area (Å²) in [6, 6.07) is 8.51. The Labute approximate surface area is 156 Å². The van der Waals surface area contributed by atoms with Crippen molar-refractivity contribution in [2.45, 2.75) is 12.3 Å². The Hall–Kier alpha value is -3.42. The van der Waals surface area contributed by atoms with E-state index in [-0.39, 0.29) is 29.7 Å². The minimum atomic E-state index is -0.599. The molecule has 0 aromatic heterocycles. The number of hydrogen-bond acceptors (Lipinski definition) is 6. The van der Waals surface area contributed by atoms with Gasteiger partial charge in [-0.15, -0.1) is 0 Å². The number of ether oxygens (including phenoxy) is 3. The van der Waals surface area contributed by atoms with E-state index in [9.17, 15) is 14.7 Å². The molecular weight excluding hydrogens is 352 g/mol. The van der Waals surface area contributed by atoms with E-state index in [1.165, 1.54) is 21.3 Å². The largest absolute Gasteiger partial charge is 0.504 e. The highest BCUT2D eigenvalue weighted by molar-refractivity contribution is 5.97. The number of carbonyl (C=O) groups is 2. The zero-order valence-corrected chi connectivity index (χ0v) is 15.2. The van der Waals surface area contributed by atoms with Crippen LogP contribution in [0.3, 0.4) is 0 Å². The molecule has 0 saturated heterocycles. The SMILES string of the molecule is COC(=O)Nc1ccc2c(c1)NC(=O)CC2c1cc(O)c(OC)c(OC)c1. The van der Waals surface area contributed by atoms with Crippen molar-refractivity contribution < 1.29 is 28.9 Å². The molecular formula is C19H20N2O6. The first-order chi connectivity index (χ1) is 13.0. The maximum Gasteiger partial charge on any atom is 0.411 e. The van der Waals surface area contributed by atoms with Crippen molar-refractivity contribution in [3.8, 4) is 17.2 Å². The number of hydrogen-bond donors (Lipinski definition) is 3. The second kappa shape index (κ2) is 7.45. The Morgan fingerprint density at radius 1 is 1.19 bits per heavy atom. The lowest BCUT2D eigenvalue weighted by atomic mass is 9.84. The summed E-state index contributed by atoms with van der Waals surface area (Å²) >= 11 is 0. The monoisotopic (exact) mass is 372 g/mol. The molecule has 142 valence electrons. The number of fused-ring (bicyclic) bond motifs is 1. The minimum Gasteiger partial charge on any atom is -0.504 e. The smallest absolute Gasteiger partial charge is 0.411 e. The van der Waals surface area contributed by atoms with Gasteiger partial charge in [0.1, 0.15) is 0 Å². The lowest BCUT2D eigenvalue weighted by Crippen LogP contribution is -2.24. The number of nitrogens with one attached hydrogen (secondary N) is 2. The summed E-state index contributed by atoms with van der Waals surface area (Å²) in [6.07, 6.45) is -0.385. The Morgan fingerprint density at radius 3 is 2.63 bits per heavy atom. The number of methoxy groups -OCH3 is 3. The number of phenols is 1. The van der Waals surface area contributed by atoms with E-state index in [2.05, 4.69) is 15.4 Å². The predicted octanol–water partition coefficient (Wildman–Crippen LogP) is 3.06. The Morgan fingerprint density at radius 2 is 1.96 bits per heavy atom. The fraction of sp³-hybridized carbons (Fsp3) is 0.263. The van der Waals surface area contributed by atoms with Crippen LogP contribution < -0.4 is 20.1 Å². The summed E-state index contributed by atoms with van der Waals surface area (Å²) in [5, 5.41) is 15.6. The van der Waals surface area contributed by atoms with E-state index < -0.39 is 6.09 Å². The first-order valence-corrected chi connectivity index (χ1v) is 8.20. The van der Waals surface area contributed by atoms with Crippen LogP contribution in [0.2, 0.25) is 0 Å². The number of rotatable bonds is 4. The summed E-state index contributed by atoms with van der Waals surface area (Å²) in [6.45, 7) is 0. The average molecular weight is 372 g/mol. The number of carbonyl (C=O) groups excluding carboxylic acids is 2. The predicted molar refractivity (Wildman–Crippen MR) is 98.8 cm³/mol. The van der Waals surface area contributed by atoms with Gasteiger partial charge in [-0.25, -0.2) is 4.79 Å². The molecule has 1 atom stereocenters. The van der Waals surface area contributed by atoms with E-state index in [1.54, 1.807) is 24.3 Å². The Kier molecular flexibility index (Phi) is 5.07. The number of amides is 2. The van der Waals surface area contributed by atoms with Crippen LogP contribution in [-0.4, -0.2) is 38.4 Å². The molecule has 0 radical (unpaired) electrons. The van der Waals surface area contributed by atoms with Crippen molar-refractivity contribution in [1.82, 2.24) is 0 Å². The summed E-state index contributed by atoms with van der Waals surface area (Å²) in [4.78, 5) is 23.6. The molecule has 0 fully saturated rings. The molecule has 3 N–H and O–H groups in total. The Bertz CT molecular complexity index is 896. The molecule has 27 heavy (non-hydrogen) atoms. The van der Waals surface area contributed by atoms with Crippen LogP contribution in [0.4, 0.5) is 16.2 Å². The van der Waals surface area contributed by atoms with Crippen molar-refractivity contribution >= 4 is 23.4 Å². The molecule has 0 saturated carbocycles. The van der Waals surface area contributed by atoms with Crippen LogP contribution >= 0.6 is 0 Å². The normalized spacial score (nSPS) is 15.4. The van der Waals surface area contributed by atoms with E-state index in [0.717, 1.165) is 11.1 Å². The minimum absolute atomic E-state index is 0.0663. The molecule has 2 aromatic rings. The van der Waals surface area contributed by atoms with Crippen LogP contribution in [0.15, 0.2) is 30.3 Å². The molecule has 0 bridgehead atoms. The van der Waals surface area contributed by atoms with Crippen molar-refractivity contribution in [2.24, 2.45) is 0 Å². The highest BCUT2D eigenvalue weighted by atomic mass is 16.5. The second-order valence-electron chi connectivity index (χ2n) is 6.00. The molecule has 3 rings (SSSR count). The molecule has 1 aliphatic heterocycles. The molecule has 0 spiro atoms. The number of phenolic OH excluding ortho intramolecular Hbond substituents is 1. The van der Waals surface area contributed by atoms with Gasteiger partial charge in [0.25, 0.3) is 0 Å². The van der Waals surface area contributed by atoms with E-state index >= 15 is 0 Å². The van der Waals surface area contributed by atoms with E-state index in [1.807, 2.05) is 6.07 Å². The van der Waals surface area contributed by atoms with Crippen LogP contribution in [0.5, 0.6) is 17.2 Å². The molecule has 2 amide bonds. The van der Waals surface area contributed by atoms with Gasteiger partial charge in [-0.05, 0) is 35.4 Å². The summed E-state index contributed by atoms with van der Waals surface area (Å²) in [7, 11) is 4.19. The molecule has 8 nitrogen and oxygen atoms in total. The molecule has 1 heterocycles. The first kappa shape index (κ1) is 18.4. The molecule has 2 aromatic carbocycles. The molecule has 1 unspecified atom stereocenters. The van der Waals surface area contributed by atoms with Gasteiger partial charge in [-0.1, -0.05) is 6.07 Å². The third-order valence-electron chi connectivity index (χ3n) is 4.41. The third-order valence-corrected chi connectivity index (χ3v) is 4.41. The van der Waals surface area contributed by atoms with Crippen LogP contribution in [0, 0.1) is 0 Å². The van der Waals surface area contributed by atoms with Gasteiger partial charge in [0.15, 0.2) is 11.5 Å². The lowest BCUT2D eigenvalue weighted by Gasteiger charge is -2.27. The van der Waals surface area contributed by atoms with Gasteiger partial charge in [-0.3, -0.25) is 10.1 Å². The fourth-order valence-electron chi connectivity index (χ4n) is 3.18. The zero-order chi connectivity index (χ0) is 19.6. The maximum absolute atomic E-state index is 12.2. The number of anilines is 2. The molecule has 8 heteroatoms. The average Bonchev–Trinajstić information content (AvgIpc) is 2.66. The van der Waals surface area contributed by atoms with Gasteiger partial charge in [0.2, 0.25) is 11.7 Å². The number of aromatic hydroxyl groups is 1. The first-order valence-electron chi connectivity index (χ1n) is 8.20. The van der Waals surface area contributed by atoms with E-state index in [4.69, 9.17) is 9.47 Å².